The molecule has 7 heteroatoms. The molecule has 0 amide bonds. The van der Waals surface area contributed by atoms with Crippen molar-refractivity contribution in [2.75, 3.05) is 5.75 Å². The summed E-state index contributed by atoms with van der Waals surface area (Å²) in [6.45, 7) is 17.9. The summed E-state index contributed by atoms with van der Waals surface area (Å²) in [5.74, 6) is 4.86. The van der Waals surface area contributed by atoms with Crippen LogP contribution in [0.2, 0.25) is 0 Å². The lowest BCUT2D eigenvalue weighted by Gasteiger charge is -2.58. The van der Waals surface area contributed by atoms with Gasteiger partial charge in [0.15, 0.2) is 18.5 Å². The van der Waals surface area contributed by atoms with Crippen molar-refractivity contribution in [2.24, 2.45) is 46.3 Å². The first-order valence-corrected chi connectivity index (χ1v) is 21.5. The minimum Gasteiger partial charge on any atom is -0.457 e. The van der Waals surface area contributed by atoms with Crippen LogP contribution in [-0.4, -0.2) is 53.6 Å². The van der Waals surface area contributed by atoms with Crippen molar-refractivity contribution in [1.29, 1.82) is 0 Å². The number of ether oxygens (including phenoxy) is 4. The van der Waals surface area contributed by atoms with Crippen molar-refractivity contribution >= 4 is 23.7 Å². The molecule has 1 heterocycles. The van der Waals surface area contributed by atoms with Crippen LogP contribution in [-0.2, 0) is 23.7 Å². The SMILES string of the molecule is CCS[C@@H]1[C@H](O[C@H]2CC[C@@]3(C)C(=CC[C@H]4[C@@H]5CC[C@H]([C@H](C)CCCC(C)C)[C@@]5(C)CC[C@@H]43)C2)O[C@@H](C)[C@H](OC(=O)c2ccccc2)[C@H]1OC(C)=O. The van der Waals surface area contributed by atoms with Crippen molar-refractivity contribution in [1.82, 2.24) is 0 Å². The smallest absolute Gasteiger partial charge is 0.338 e. The summed E-state index contributed by atoms with van der Waals surface area (Å²) in [6, 6.07) is 8.94. The standard InChI is InChI=1S/C44H66O6S/c1-9-51-40-39(48-30(6)45)38(50-41(46)31-16-11-10-12-17-31)29(5)47-42(40)49-33-22-24-43(7)32(26-33)18-19-34-36-21-20-35(28(4)15-13-14-27(2)3)44(36,8)25-23-37(34)43/h10-12,16-18,27-29,33-40,42H,9,13-15,19-26H2,1-8H3/t28-,29+,33+,34+,35-,36+,37+,38+,39-,40+,42+,43+,44-/m1/s1. The molecule has 4 fully saturated rings. The summed E-state index contributed by atoms with van der Waals surface area (Å²) < 4.78 is 25.4. The Kier molecular flexibility index (Phi) is 12.4. The van der Waals surface area contributed by atoms with Gasteiger partial charge in [-0.2, -0.15) is 0 Å². The Balaban J connectivity index is 1.13. The average Bonchev–Trinajstić information content (AvgIpc) is 3.45. The van der Waals surface area contributed by atoms with E-state index in [1.165, 1.54) is 58.3 Å². The van der Waals surface area contributed by atoms with Crippen LogP contribution in [0, 0.1) is 46.3 Å². The van der Waals surface area contributed by atoms with Crippen LogP contribution in [0.15, 0.2) is 42.0 Å². The fourth-order valence-electron chi connectivity index (χ4n) is 11.7. The zero-order chi connectivity index (χ0) is 36.5. The highest BCUT2D eigenvalue weighted by molar-refractivity contribution is 7.99. The number of carbonyl (C=O) groups is 2. The van der Waals surface area contributed by atoms with Gasteiger partial charge in [-0.25, -0.2) is 4.79 Å². The first-order chi connectivity index (χ1) is 24.4. The van der Waals surface area contributed by atoms with Gasteiger partial charge < -0.3 is 18.9 Å². The van der Waals surface area contributed by atoms with Gasteiger partial charge in [-0.15, -0.1) is 11.8 Å². The maximum Gasteiger partial charge on any atom is 0.338 e. The molecular formula is C44H66O6S. The number of benzene rings is 1. The predicted molar refractivity (Wildman–Crippen MR) is 205 cm³/mol. The molecule has 51 heavy (non-hydrogen) atoms. The normalized spacial score (nSPS) is 39.7. The number of fused-ring (bicyclic) bond motifs is 5. The fourth-order valence-corrected chi connectivity index (χ4v) is 12.7. The number of rotatable bonds is 12. The lowest BCUT2D eigenvalue weighted by Crippen LogP contribution is -2.59. The molecule has 1 aromatic carbocycles. The molecule has 6 rings (SSSR count). The van der Waals surface area contributed by atoms with Crippen LogP contribution in [0.1, 0.15) is 136 Å². The molecule has 1 aromatic rings. The average molecular weight is 723 g/mol. The highest BCUT2D eigenvalue weighted by Gasteiger charge is 2.59. The number of thioether (sulfide) groups is 1. The second-order valence-electron chi connectivity index (χ2n) is 17.7. The summed E-state index contributed by atoms with van der Waals surface area (Å²) in [6.07, 6.45) is 14.2. The Labute approximate surface area is 312 Å². The third-order valence-corrected chi connectivity index (χ3v) is 15.4. The summed E-state index contributed by atoms with van der Waals surface area (Å²) in [4.78, 5) is 25.6. The zero-order valence-corrected chi connectivity index (χ0v) is 33.6. The Morgan fingerprint density at radius 2 is 1.73 bits per heavy atom. The van der Waals surface area contributed by atoms with Crippen molar-refractivity contribution < 1.29 is 28.5 Å². The molecule has 0 radical (unpaired) electrons. The third kappa shape index (κ3) is 8.02. The van der Waals surface area contributed by atoms with E-state index in [1.54, 1.807) is 29.5 Å². The highest BCUT2D eigenvalue weighted by Crippen LogP contribution is 2.67. The molecule has 0 aromatic heterocycles. The van der Waals surface area contributed by atoms with Crippen LogP contribution < -0.4 is 0 Å². The van der Waals surface area contributed by atoms with Crippen LogP contribution in [0.3, 0.4) is 0 Å². The molecule has 0 bridgehead atoms. The van der Waals surface area contributed by atoms with E-state index >= 15 is 0 Å². The summed E-state index contributed by atoms with van der Waals surface area (Å²) in [7, 11) is 0. The third-order valence-electron chi connectivity index (χ3n) is 14.2. The molecular weight excluding hydrogens is 657 g/mol. The molecule has 1 aliphatic heterocycles. The lowest BCUT2D eigenvalue weighted by atomic mass is 9.47. The molecule has 0 spiro atoms. The highest BCUT2D eigenvalue weighted by atomic mass is 32.2. The first-order valence-electron chi connectivity index (χ1n) is 20.4. The minimum absolute atomic E-state index is 0.0378. The van der Waals surface area contributed by atoms with Crippen molar-refractivity contribution in [3.8, 4) is 0 Å². The van der Waals surface area contributed by atoms with E-state index in [-0.39, 0.29) is 16.8 Å². The van der Waals surface area contributed by atoms with E-state index < -0.39 is 36.5 Å². The minimum atomic E-state index is -0.742. The van der Waals surface area contributed by atoms with Crippen molar-refractivity contribution in [3.63, 3.8) is 0 Å². The van der Waals surface area contributed by atoms with Gasteiger partial charge in [0.05, 0.1) is 23.0 Å². The van der Waals surface area contributed by atoms with Crippen LogP contribution in [0.5, 0.6) is 0 Å². The summed E-state index contributed by atoms with van der Waals surface area (Å²) in [5, 5.41) is -0.319. The largest absolute Gasteiger partial charge is 0.457 e. The van der Waals surface area contributed by atoms with Gasteiger partial charge in [-0.1, -0.05) is 90.7 Å². The van der Waals surface area contributed by atoms with Crippen LogP contribution in [0.25, 0.3) is 0 Å². The second kappa shape index (κ2) is 16.3. The molecule has 5 aliphatic rings. The van der Waals surface area contributed by atoms with Gasteiger partial charge in [-0.05, 0) is 123 Å². The Morgan fingerprint density at radius 1 is 0.961 bits per heavy atom. The van der Waals surface area contributed by atoms with E-state index in [9.17, 15) is 9.59 Å². The van der Waals surface area contributed by atoms with Gasteiger partial charge in [0.2, 0.25) is 0 Å². The summed E-state index contributed by atoms with van der Waals surface area (Å²) in [5.41, 5.74) is 2.78. The van der Waals surface area contributed by atoms with E-state index in [0.717, 1.165) is 60.5 Å². The first kappa shape index (κ1) is 38.9. The fraction of sp³-hybridized carbons (Fsp3) is 0.773. The Hall–Kier alpha value is -1.83. The monoisotopic (exact) mass is 722 g/mol. The molecule has 0 unspecified atom stereocenters. The van der Waals surface area contributed by atoms with Gasteiger partial charge in [-0.3, -0.25) is 4.79 Å². The second-order valence-corrected chi connectivity index (χ2v) is 19.2. The predicted octanol–water partition coefficient (Wildman–Crippen LogP) is 10.4. The van der Waals surface area contributed by atoms with Gasteiger partial charge in [0.25, 0.3) is 0 Å². The van der Waals surface area contributed by atoms with Crippen molar-refractivity contribution in [2.45, 2.75) is 162 Å². The Bertz CT molecular complexity index is 1380. The number of hydrogen-bond acceptors (Lipinski definition) is 7. The topological polar surface area (TPSA) is 71.1 Å². The molecule has 0 N–H and O–H groups in total. The quantitative estimate of drug-likeness (QED) is 0.157. The van der Waals surface area contributed by atoms with Crippen molar-refractivity contribution in [3.05, 3.63) is 47.5 Å². The number of esters is 2. The molecule has 1 saturated heterocycles. The molecule has 6 nitrogen and oxygen atoms in total. The molecule has 13 atom stereocenters. The number of carbonyl (C=O) groups excluding carboxylic acids is 2. The van der Waals surface area contributed by atoms with Gasteiger partial charge in [0, 0.05) is 6.92 Å². The molecule has 3 saturated carbocycles. The molecule has 4 aliphatic carbocycles. The lowest BCUT2D eigenvalue weighted by molar-refractivity contribution is -0.260. The van der Waals surface area contributed by atoms with E-state index in [1.807, 2.05) is 25.1 Å². The number of allylic oxidation sites excluding steroid dienone is 1. The van der Waals surface area contributed by atoms with Crippen LogP contribution >= 0.6 is 11.8 Å². The zero-order valence-electron chi connectivity index (χ0n) is 32.7. The molecule has 284 valence electrons. The van der Waals surface area contributed by atoms with E-state index in [2.05, 4.69) is 47.6 Å². The van der Waals surface area contributed by atoms with Crippen LogP contribution in [0.4, 0.5) is 0 Å². The number of hydrogen-bond donors (Lipinski definition) is 0. The maximum atomic E-state index is 13.1. The van der Waals surface area contributed by atoms with E-state index in [4.69, 9.17) is 18.9 Å². The van der Waals surface area contributed by atoms with E-state index in [0.29, 0.717) is 11.0 Å². The Morgan fingerprint density at radius 3 is 2.43 bits per heavy atom. The van der Waals surface area contributed by atoms with Gasteiger partial charge >= 0.3 is 11.9 Å². The van der Waals surface area contributed by atoms with Gasteiger partial charge in [0.1, 0.15) is 0 Å². The maximum absolute atomic E-state index is 13.1. The summed E-state index contributed by atoms with van der Waals surface area (Å²) >= 11 is 1.65.